The Morgan fingerprint density at radius 2 is 2.04 bits per heavy atom. The molecule has 0 aromatic heterocycles. The number of nitrogens with one attached hydrogen (secondary N) is 2. The number of halogens is 1. The van der Waals surface area contributed by atoms with Crippen LogP contribution in [-0.4, -0.2) is 50.5 Å². The van der Waals surface area contributed by atoms with Gasteiger partial charge in [-0.2, -0.15) is 0 Å². The molecule has 1 aromatic rings. The maximum atomic E-state index is 9.20. The fraction of sp³-hybridized carbons (Fsp3) is 0.650. The molecule has 0 saturated heterocycles. The number of aliphatic hydroxyl groups excluding tert-OH is 1. The second-order valence-electron chi connectivity index (χ2n) is 6.67. The molecule has 2 rings (SSSR count). The summed E-state index contributed by atoms with van der Waals surface area (Å²) in [5.41, 5.74) is 1.09. The third-order valence-electron chi connectivity index (χ3n) is 4.45. The summed E-state index contributed by atoms with van der Waals surface area (Å²) >= 11 is 6.30. The zero-order chi connectivity index (χ0) is 19.5. The molecule has 0 amide bonds. The molecule has 6 nitrogen and oxygen atoms in total. The lowest BCUT2D eigenvalue weighted by Crippen LogP contribution is -2.38. The van der Waals surface area contributed by atoms with Crippen molar-refractivity contribution in [3.05, 3.63) is 22.7 Å². The molecule has 3 N–H and O–H groups in total. The highest BCUT2D eigenvalue weighted by atomic mass is 35.5. The van der Waals surface area contributed by atoms with Gasteiger partial charge >= 0.3 is 0 Å². The minimum Gasteiger partial charge on any atom is -0.486 e. The number of hydrogen-bond donors (Lipinski definition) is 3. The first kappa shape index (κ1) is 21.6. The molecule has 27 heavy (non-hydrogen) atoms. The number of aliphatic hydroxyl groups is 1. The van der Waals surface area contributed by atoms with Crippen LogP contribution in [0.3, 0.4) is 0 Å². The van der Waals surface area contributed by atoms with Gasteiger partial charge in [-0.15, -0.1) is 0 Å². The summed E-state index contributed by atoms with van der Waals surface area (Å²) in [7, 11) is 0. The lowest BCUT2D eigenvalue weighted by atomic mass is 10.0. The number of aliphatic imine (C=N–C) groups is 1. The fourth-order valence-electron chi connectivity index (χ4n) is 3.11. The molecule has 1 heterocycles. The molecule has 1 atom stereocenters. The number of rotatable bonds is 10. The summed E-state index contributed by atoms with van der Waals surface area (Å²) in [6, 6.07) is 3.92. The van der Waals surface area contributed by atoms with Crippen LogP contribution in [-0.2, 0) is 6.42 Å². The van der Waals surface area contributed by atoms with Crippen LogP contribution in [0, 0.1) is 5.92 Å². The van der Waals surface area contributed by atoms with Crippen molar-refractivity contribution in [2.24, 2.45) is 10.9 Å². The molecule has 0 aliphatic carbocycles. The van der Waals surface area contributed by atoms with Gasteiger partial charge in [0.25, 0.3) is 0 Å². The van der Waals surface area contributed by atoms with Crippen molar-refractivity contribution in [3.63, 3.8) is 0 Å². The Morgan fingerprint density at radius 1 is 1.22 bits per heavy atom. The van der Waals surface area contributed by atoms with Crippen molar-refractivity contribution in [2.75, 3.05) is 39.5 Å². The van der Waals surface area contributed by atoms with E-state index in [4.69, 9.17) is 21.1 Å². The lowest BCUT2D eigenvalue weighted by molar-refractivity contribution is 0.171. The highest BCUT2D eigenvalue weighted by molar-refractivity contribution is 6.32. The Hall–Kier alpha value is -1.66. The Kier molecular flexibility index (Phi) is 9.56. The summed E-state index contributed by atoms with van der Waals surface area (Å²) in [4.78, 5) is 4.68. The van der Waals surface area contributed by atoms with E-state index in [2.05, 4.69) is 29.5 Å². The first-order chi connectivity index (χ1) is 13.2. The zero-order valence-electron chi connectivity index (χ0n) is 16.4. The highest BCUT2D eigenvalue weighted by Gasteiger charge is 2.16. The summed E-state index contributed by atoms with van der Waals surface area (Å²) in [5, 5.41) is 16.4. The summed E-state index contributed by atoms with van der Waals surface area (Å²) in [6.45, 7) is 7.78. The molecule has 1 aliphatic rings. The predicted molar refractivity (Wildman–Crippen MR) is 110 cm³/mol. The number of guanidine groups is 1. The van der Waals surface area contributed by atoms with Crippen LogP contribution in [0.15, 0.2) is 17.1 Å². The van der Waals surface area contributed by atoms with Crippen molar-refractivity contribution in [1.29, 1.82) is 0 Å². The van der Waals surface area contributed by atoms with Crippen LogP contribution in [0.2, 0.25) is 5.02 Å². The van der Waals surface area contributed by atoms with E-state index in [0.717, 1.165) is 62.6 Å². The average Bonchev–Trinajstić information content (AvgIpc) is 2.66. The van der Waals surface area contributed by atoms with E-state index in [0.29, 0.717) is 29.9 Å². The third-order valence-corrected chi connectivity index (χ3v) is 4.73. The predicted octanol–water partition coefficient (Wildman–Crippen LogP) is 3.01. The van der Waals surface area contributed by atoms with Crippen molar-refractivity contribution in [3.8, 4) is 11.5 Å². The molecule has 152 valence electrons. The number of benzene rings is 1. The SMILES string of the molecule is CCCC(CCO)CN=C(NCC)NCCc1cc(Cl)c2c(c1)OCCO2. The maximum absolute atomic E-state index is 9.20. The Morgan fingerprint density at radius 3 is 2.78 bits per heavy atom. The number of ether oxygens (including phenoxy) is 2. The van der Waals surface area contributed by atoms with Gasteiger partial charge in [-0.25, -0.2) is 0 Å². The van der Waals surface area contributed by atoms with Crippen molar-refractivity contribution in [1.82, 2.24) is 10.6 Å². The topological polar surface area (TPSA) is 75.1 Å². The van der Waals surface area contributed by atoms with E-state index in [-0.39, 0.29) is 6.61 Å². The summed E-state index contributed by atoms with van der Waals surface area (Å²) < 4.78 is 11.2. The van der Waals surface area contributed by atoms with E-state index in [1.807, 2.05) is 12.1 Å². The van der Waals surface area contributed by atoms with Crippen molar-refractivity contribution >= 4 is 17.6 Å². The normalized spacial score (nSPS) is 14.7. The van der Waals surface area contributed by atoms with Gasteiger partial charge in [0, 0.05) is 26.2 Å². The van der Waals surface area contributed by atoms with Crippen LogP contribution in [0.5, 0.6) is 11.5 Å². The number of hydrogen-bond acceptors (Lipinski definition) is 4. The van der Waals surface area contributed by atoms with Gasteiger partial charge in [0.2, 0.25) is 0 Å². The first-order valence-corrected chi connectivity index (χ1v) is 10.3. The second kappa shape index (κ2) is 11.9. The van der Waals surface area contributed by atoms with E-state index in [1.54, 1.807) is 0 Å². The van der Waals surface area contributed by atoms with Crippen LogP contribution in [0.25, 0.3) is 0 Å². The van der Waals surface area contributed by atoms with Crippen molar-refractivity contribution < 1.29 is 14.6 Å². The van der Waals surface area contributed by atoms with E-state index < -0.39 is 0 Å². The van der Waals surface area contributed by atoms with Gasteiger partial charge in [-0.3, -0.25) is 4.99 Å². The molecule has 1 aliphatic heterocycles. The quantitative estimate of drug-likeness (QED) is 0.418. The van der Waals surface area contributed by atoms with Gasteiger partial charge in [0.1, 0.15) is 13.2 Å². The van der Waals surface area contributed by atoms with E-state index in [1.165, 1.54) is 0 Å². The van der Waals surface area contributed by atoms with Gasteiger partial charge in [0.05, 0.1) is 5.02 Å². The summed E-state index contributed by atoms with van der Waals surface area (Å²) in [5.74, 6) is 2.59. The third kappa shape index (κ3) is 7.11. The van der Waals surface area contributed by atoms with Crippen molar-refractivity contribution in [2.45, 2.75) is 39.5 Å². The van der Waals surface area contributed by atoms with Crippen LogP contribution in [0.4, 0.5) is 0 Å². The minimum absolute atomic E-state index is 0.217. The molecule has 7 heteroatoms. The van der Waals surface area contributed by atoms with E-state index >= 15 is 0 Å². The number of nitrogens with zero attached hydrogens (tertiary/aromatic N) is 1. The molecule has 1 unspecified atom stereocenters. The zero-order valence-corrected chi connectivity index (χ0v) is 17.1. The largest absolute Gasteiger partial charge is 0.486 e. The van der Waals surface area contributed by atoms with Gasteiger partial charge < -0.3 is 25.2 Å². The van der Waals surface area contributed by atoms with Gasteiger partial charge in [-0.05, 0) is 49.8 Å². The average molecular weight is 398 g/mol. The Balaban J connectivity index is 1.90. The Bertz CT molecular complexity index is 604. The monoisotopic (exact) mass is 397 g/mol. The lowest BCUT2D eigenvalue weighted by Gasteiger charge is -2.20. The number of fused-ring (bicyclic) bond motifs is 1. The Labute approximate surface area is 167 Å². The van der Waals surface area contributed by atoms with Gasteiger partial charge in [-0.1, -0.05) is 24.9 Å². The molecular formula is C20H32ClN3O3. The van der Waals surface area contributed by atoms with Crippen LogP contribution >= 0.6 is 11.6 Å². The molecule has 0 fully saturated rings. The minimum atomic E-state index is 0.217. The smallest absolute Gasteiger partial charge is 0.191 e. The van der Waals surface area contributed by atoms with E-state index in [9.17, 15) is 5.11 Å². The molecule has 0 radical (unpaired) electrons. The second-order valence-corrected chi connectivity index (χ2v) is 7.07. The van der Waals surface area contributed by atoms with Gasteiger partial charge in [0.15, 0.2) is 17.5 Å². The summed E-state index contributed by atoms with van der Waals surface area (Å²) in [6.07, 6.45) is 3.79. The maximum Gasteiger partial charge on any atom is 0.191 e. The highest BCUT2D eigenvalue weighted by Crippen LogP contribution is 2.38. The first-order valence-electron chi connectivity index (χ1n) is 9.88. The fourth-order valence-corrected chi connectivity index (χ4v) is 3.40. The van der Waals surface area contributed by atoms with Crippen LogP contribution in [0.1, 0.15) is 38.7 Å². The molecule has 0 bridgehead atoms. The molecule has 0 spiro atoms. The van der Waals surface area contributed by atoms with Crippen LogP contribution < -0.4 is 20.1 Å². The molecular weight excluding hydrogens is 366 g/mol. The molecule has 1 aromatic carbocycles. The molecule has 0 saturated carbocycles. The standard InChI is InChI=1S/C20H32ClN3O3/c1-3-5-15(7-9-25)14-24-20(22-4-2)23-8-6-16-12-17(21)19-18(13-16)26-10-11-27-19/h12-13,15,25H,3-11,14H2,1-2H3,(H2,22,23,24).